The largest absolute Gasteiger partial charge is 0.397 e. The van der Waals surface area contributed by atoms with Gasteiger partial charge in [-0.1, -0.05) is 6.42 Å². The maximum atomic E-state index is 12.3. The zero-order valence-corrected chi connectivity index (χ0v) is 10.4. The van der Waals surface area contributed by atoms with Gasteiger partial charge in [0.15, 0.2) is 0 Å². The Morgan fingerprint density at radius 1 is 1.47 bits per heavy atom. The minimum atomic E-state index is 0.124. The van der Waals surface area contributed by atoms with Crippen LogP contribution in [0.2, 0.25) is 0 Å². The van der Waals surface area contributed by atoms with Crippen LogP contribution in [0, 0.1) is 5.92 Å². The van der Waals surface area contributed by atoms with E-state index < -0.39 is 0 Å². The Morgan fingerprint density at radius 3 is 2.59 bits per heavy atom. The minimum Gasteiger partial charge on any atom is -0.397 e. The number of hydrogen-bond donors (Lipinski definition) is 1. The molecule has 1 aliphatic carbocycles. The summed E-state index contributed by atoms with van der Waals surface area (Å²) in [5.74, 6) is 1.09. The molecular weight excluding hydrogens is 214 g/mol. The van der Waals surface area contributed by atoms with Crippen LogP contribution in [0.25, 0.3) is 0 Å². The van der Waals surface area contributed by atoms with E-state index in [2.05, 4.69) is 4.98 Å². The lowest BCUT2D eigenvalue weighted by Gasteiger charge is -2.33. The van der Waals surface area contributed by atoms with Crippen LogP contribution in [0.4, 0.5) is 11.5 Å². The zero-order chi connectivity index (χ0) is 12.4. The van der Waals surface area contributed by atoms with Gasteiger partial charge in [-0.15, -0.1) is 0 Å². The molecular formula is C13H19N3O. The fraction of sp³-hybridized carbons (Fsp3) is 0.538. The number of amides is 1. The summed E-state index contributed by atoms with van der Waals surface area (Å²) in [5, 5.41) is 0. The van der Waals surface area contributed by atoms with Crippen molar-refractivity contribution in [1.82, 2.24) is 4.98 Å². The molecule has 0 unspecified atom stereocenters. The van der Waals surface area contributed by atoms with Crippen molar-refractivity contribution in [2.24, 2.45) is 5.92 Å². The average Bonchev–Trinajstić information content (AvgIpc) is 2.18. The van der Waals surface area contributed by atoms with Crippen LogP contribution < -0.4 is 10.6 Å². The lowest BCUT2D eigenvalue weighted by Crippen LogP contribution is -2.43. The average molecular weight is 233 g/mol. The quantitative estimate of drug-likeness (QED) is 0.870. The lowest BCUT2D eigenvalue weighted by molar-refractivity contribution is -0.125. The molecule has 1 fully saturated rings. The van der Waals surface area contributed by atoms with Gasteiger partial charge in [0, 0.05) is 12.0 Å². The van der Waals surface area contributed by atoms with Gasteiger partial charge in [0.25, 0.3) is 0 Å². The first-order valence-corrected chi connectivity index (χ1v) is 6.14. The molecule has 1 heterocycles. The molecule has 1 aliphatic rings. The molecule has 2 N–H and O–H groups in total. The van der Waals surface area contributed by atoms with E-state index in [1.165, 1.54) is 0 Å². The third-order valence-electron chi connectivity index (χ3n) is 3.23. The van der Waals surface area contributed by atoms with Gasteiger partial charge in [-0.25, -0.2) is 4.98 Å². The molecule has 17 heavy (non-hydrogen) atoms. The van der Waals surface area contributed by atoms with Crippen LogP contribution in [0.5, 0.6) is 0 Å². The highest BCUT2D eigenvalue weighted by Gasteiger charge is 2.31. The summed E-state index contributed by atoms with van der Waals surface area (Å²) in [5.41, 5.74) is 6.23. The van der Waals surface area contributed by atoms with E-state index in [9.17, 15) is 4.79 Å². The van der Waals surface area contributed by atoms with Crippen LogP contribution in [-0.4, -0.2) is 16.9 Å². The van der Waals surface area contributed by atoms with Crippen LogP contribution in [0.1, 0.15) is 33.1 Å². The topological polar surface area (TPSA) is 59.2 Å². The SMILES string of the molecule is CC(C)N(C(=O)C1CCC1)c1ccc(N)cn1. The highest BCUT2D eigenvalue weighted by atomic mass is 16.2. The van der Waals surface area contributed by atoms with Gasteiger partial charge in [0.2, 0.25) is 5.91 Å². The minimum absolute atomic E-state index is 0.124. The molecule has 0 atom stereocenters. The first-order chi connectivity index (χ1) is 8.09. The summed E-state index contributed by atoms with van der Waals surface area (Å²) in [6.45, 7) is 4.02. The molecule has 1 amide bonds. The molecule has 0 aliphatic heterocycles. The van der Waals surface area contributed by atoms with Crippen molar-refractivity contribution in [3.63, 3.8) is 0 Å². The van der Waals surface area contributed by atoms with Crippen LogP contribution in [0.3, 0.4) is 0 Å². The number of rotatable bonds is 3. The van der Waals surface area contributed by atoms with E-state index in [0.717, 1.165) is 19.3 Å². The number of nitrogen functional groups attached to an aromatic ring is 1. The highest BCUT2D eigenvalue weighted by molar-refractivity contribution is 5.95. The van der Waals surface area contributed by atoms with Gasteiger partial charge in [-0.3, -0.25) is 9.69 Å². The Kier molecular flexibility index (Phi) is 3.31. The van der Waals surface area contributed by atoms with E-state index >= 15 is 0 Å². The van der Waals surface area contributed by atoms with E-state index in [0.29, 0.717) is 11.5 Å². The summed E-state index contributed by atoms with van der Waals surface area (Å²) in [6, 6.07) is 3.72. The summed E-state index contributed by atoms with van der Waals surface area (Å²) in [7, 11) is 0. The Morgan fingerprint density at radius 2 is 2.18 bits per heavy atom. The maximum Gasteiger partial charge on any atom is 0.231 e. The van der Waals surface area contributed by atoms with E-state index in [-0.39, 0.29) is 17.9 Å². The van der Waals surface area contributed by atoms with Crippen LogP contribution in [0.15, 0.2) is 18.3 Å². The standard InChI is InChI=1S/C13H19N3O/c1-9(2)16(13(17)10-4-3-5-10)12-7-6-11(14)8-15-12/h6-10H,3-5,14H2,1-2H3. The third-order valence-corrected chi connectivity index (χ3v) is 3.23. The monoisotopic (exact) mass is 233 g/mol. The number of aromatic nitrogens is 1. The Bertz CT molecular complexity index is 396. The first-order valence-electron chi connectivity index (χ1n) is 6.14. The predicted molar refractivity (Wildman–Crippen MR) is 68.6 cm³/mol. The second-order valence-corrected chi connectivity index (χ2v) is 4.88. The van der Waals surface area contributed by atoms with Crippen molar-refractivity contribution in [3.05, 3.63) is 18.3 Å². The van der Waals surface area contributed by atoms with E-state index in [1.807, 2.05) is 19.9 Å². The second kappa shape index (κ2) is 4.73. The summed E-state index contributed by atoms with van der Waals surface area (Å²) in [4.78, 5) is 18.3. The van der Waals surface area contributed by atoms with Crippen LogP contribution >= 0.6 is 0 Å². The molecule has 0 bridgehead atoms. The Hall–Kier alpha value is -1.58. The fourth-order valence-electron chi connectivity index (χ4n) is 2.02. The first kappa shape index (κ1) is 11.9. The molecule has 0 aromatic carbocycles. The fourth-order valence-corrected chi connectivity index (χ4v) is 2.02. The number of nitrogens with two attached hydrogens (primary N) is 1. The molecule has 1 saturated carbocycles. The van der Waals surface area contributed by atoms with Gasteiger partial charge in [-0.2, -0.15) is 0 Å². The van der Waals surface area contributed by atoms with Gasteiger partial charge in [-0.05, 0) is 38.8 Å². The normalized spacial score (nSPS) is 15.7. The Labute approximate surface area is 102 Å². The second-order valence-electron chi connectivity index (χ2n) is 4.88. The number of pyridine rings is 1. The molecule has 0 spiro atoms. The molecule has 2 rings (SSSR count). The molecule has 4 nitrogen and oxygen atoms in total. The van der Waals surface area contributed by atoms with Gasteiger partial charge < -0.3 is 5.73 Å². The summed E-state index contributed by atoms with van der Waals surface area (Å²) < 4.78 is 0. The number of carbonyl (C=O) groups excluding carboxylic acids is 1. The van der Waals surface area contributed by atoms with Gasteiger partial charge >= 0.3 is 0 Å². The van der Waals surface area contributed by atoms with Gasteiger partial charge in [0.1, 0.15) is 5.82 Å². The Balaban J connectivity index is 2.22. The smallest absolute Gasteiger partial charge is 0.231 e. The number of anilines is 2. The molecule has 4 heteroatoms. The number of hydrogen-bond acceptors (Lipinski definition) is 3. The van der Waals surface area contributed by atoms with Crippen molar-refractivity contribution in [2.75, 3.05) is 10.6 Å². The van der Waals surface area contributed by atoms with Crippen molar-refractivity contribution in [1.29, 1.82) is 0 Å². The number of nitrogens with zero attached hydrogens (tertiary/aromatic N) is 2. The molecule has 92 valence electrons. The molecule has 0 radical (unpaired) electrons. The van der Waals surface area contributed by atoms with Crippen LogP contribution in [-0.2, 0) is 4.79 Å². The lowest BCUT2D eigenvalue weighted by atomic mass is 9.84. The van der Waals surface area contributed by atoms with Crippen molar-refractivity contribution in [2.45, 2.75) is 39.2 Å². The zero-order valence-electron chi connectivity index (χ0n) is 10.4. The molecule has 1 aromatic heterocycles. The highest BCUT2D eigenvalue weighted by Crippen LogP contribution is 2.30. The summed E-state index contributed by atoms with van der Waals surface area (Å²) >= 11 is 0. The van der Waals surface area contributed by atoms with E-state index in [1.54, 1.807) is 17.2 Å². The third kappa shape index (κ3) is 2.40. The molecule has 0 saturated heterocycles. The van der Waals surface area contributed by atoms with E-state index in [4.69, 9.17) is 5.73 Å². The molecule has 1 aromatic rings. The maximum absolute atomic E-state index is 12.3. The van der Waals surface area contributed by atoms with Crippen molar-refractivity contribution >= 4 is 17.4 Å². The predicted octanol–water partition coefficient (Wildman–Crippen LogP) is 2.21. The van der Waals surface area contributed by atoms with Gasteiger partial charge in [0.05, 0.1) is 11.9 Å². The number of carbonyl (C=O) groups is 1. The summed E-state index contributed by atoms with van der Waals surface area (Å²) in [6.07, 6.45) is 4.78. The van der Waals surface area contributed by atoms with Crippen molar-refractivity contribution < 1.29 is 4.79 Å². The van der Waals surface area contributed by atoms with Crippen molar-refractivity contribution in [3.8, 4) is 0 Å².